The van der Waals surface area contributed by atoms with Gasteiger partial charge in [-0.25, -0.2) is 4.39 Å². The lowest BCUT2D eigenvalue weighted by Crippen LogP contribution is -2.18. The number of rotatable bonds is 9. The number of sulfonamides is 1. The Morgan fingerprint density at radius 3 is 2.80 bits per heavy atom. The Hall–Kier alpha value is -3.29. The molecular weight excluding hydrogens is 411 g/mol. The highest BCUT2D eigenvalue weighted by atomic mass is 32.2. The zero-order chi connectivity index (χ0) is 22.5. The number of halogens is 1. The van der Waals surface area contributed by atoms with E-state index in [0.717, 1.165) is 6.07 Å². The number of benzene rings is 1. The van der Waals surface area contributed by atoms with E-state index < -0.39 is 27.9 Å². The van der Waals surface area contributed by atoms with E-state index in [9.17, 15) is 22.7 Å². The third-order valence-corrected chi connectivity index (χ3v) is 5.70. The summed E-state index contributed by atoms with van der Waals surface area (Å²) >= 11 is 0. The van der Waals surface area contributed by atoms with E-state index in [1.807, 2.05) is 0 Å². The lowest BCUT2D eigenvalue weighted by molar-refractivity contribution is 0.101. The lowest BCUT2D eigenvalue weighted by atomic mass is 10.1. The van der Waals surface area contributed by atoms with Crippen molar-refractivity contribution in [2.75, 3.05) is 5.32 Å². The van der Waals surface area contributed by atoms with Crippen LogP contribution in [0.4, 0.5) is 10.1 Å². The molecule has 0 unspecified atom stereocenters. The molecule has 0 aliphatic heterocycles. The summed E-state index contributed by atoms with van der Waals surface area (Å²) < 4.78 is 42.7. The SMILES string of the molecule is C=C[C@H](O)CCCc1c(S(=O)(=O)N=C)cn(C)c1C(=O)Nc1ccc(F)c(C#N)c1. The number of aromatic nitrogens is 1. The average Bonchev–Trinajstić information content (AvgIpc) is 3.06. The number of nitrogens with one attached hydrogen (secondary N) is 1. The molecule has 0 saturated carbocycles. The summed E-state index contributed by atoms with van der Waals surface area (Å²) in [6.07, 6.45) is 2.75. The number of hydrogen-bond acceptors (Lipinski definition) is 5. The number of hydrogen-bond donors (Lipinski definition) is 2. The molecule has 158 valence electrons. The molecule has 30 heavy (non-hydrogen) atoms. The summed E-state index contributed by atoms with van der Waals surface area (Å²) in [5, 5.41) is 21.2. The second-order valence-electron chi connectivity index (χ2n) is 6.49. The molecule has 1 aromatic heterocycles. The molecule has 0 radical (unpaired) electrons. The van der Waals surface area contributed by atoms with Gasteiger partial charge in [-0.15, -0.1) is 6.58 Å². The van der Waals surface area contributed by atoms with Gasteiger partial charge in [0.2, 0.25) is 0 Å². The van der Waals surface area contributed by atoms with Crippen molar-refractivity contribution in [3.8, 4) is 6.07 Å². The fraction of sp³-hybridized carbons (Fsp3) is 0.250. The average molecular weight is 432 g/mol. The second kappa shape index (κ2) is 9.47. The van der Waals surface area contributed by atoms with Crippen LogP contribution in [0.1, 0.15) is 34.5 Å². The number of carbonyl (C=O) groups is 1. The Morgan fingerprint density at radius 1 is 1.50 bits per heavy atom. The third kappa shape index (κ3) is 5.00. The summed E-state index contributed by atoms with van der Waals surface area (Å²) in [4.78, 5) is 12.7. The molecule has 0 spiro atoms. The maximum Gasteiger partial charge on any atom is 0.283 e. The largest absolute Gasteiger partial charge is 0.389 e. The Labute approximate surface area is 174 Å². The van der Waals surface area contributed by atoms with E-state index >= 15 is 0 Å². The van der Waals surface area contributed by atoms with Gasteiger partial charge in [-0.2, -0.15) is 18.1 Å². The van der Waals surface area contributed by atoms with Crippen LogP contribution < -0.4 is 5.32 Å². The van der Waals surface area contributed by atoms with Crippen LogP contribution >= 0.6 is 0 Å². The highest BCUT2D eigenvalue weighted by Crippen LogP contribution is 2.27. The number of amides is 1. The molecule has 1 atom stereocenters. The van der Waals surface area contributed by atoms with Gasteiger partial charge in [-0.3, -0.25) is 4.79 Å². The predicted molar refractivity (Wildman–Crippen MR) is 110 cm³/mol. The van der Waals surface area contributed by atoms with Gasteiger partial charge in [0.15, 0.2) is 0 Å². The van der Waals surface area contributed by atoms with Gasteiger partial charge in [0.05, 0.1) is 11.7 Å². The Bertz CT molecular complexity index is 1130. The van der Waals surface area contributed by atoms with E-state index in [4.69, 9.17) is 5.26 Å². The zero-order valence-corrected chi connectivity index (χ0v) is 17.1. The van der Waals surface area contributed by atoms with Crippen LogP contribution in [0.2, 0.25) is 0 Å². The van der Waals surface area contributed by atoms with Gasteiger partial charge >= 0.3 is 0 Å². The number of aliphatic hydroxyl groups excluding tert-OH is 1. The molecule has 0 aliphatic rings. The lowest BCUT2D eigenvalue weighted by Gasteiger charge is -2.11. The quantitative estimate of drug-likeness (QED) is 0.465. The first-order valence-electron chi connectivity index (χ1n) is 8.87. The summed E-state index contributed by atoms with van der Waals surface area (Å²) in [6, 6.07) is 5.21. The van der Waals surface area contributed by atoms with Crippen molar-refractivity contribution in [1.82, 2.24) is 4.57 Å². The number of aryl methyl sites for hydroxylation is 1. The van der Waals surface area contributed by atoms with E-state index in [1.165, 1.54) is 36.0 Å². The maximum absolute atomic E-state index is 13.5. The summed E-state index contributed by atoms with van der Waals surface area (Å²) in [6.45, 7) is 6.57. The van der Waals surface area contributed by atoms with Gasteiger partial charge in [0, 0.05) is 31.2 Å². The van der Waals surface area contributed by atoms with Gasteiger partial charge in [0.25, 0.3) is 15.9 Å². The van der Waals surface area contributed by atoms with Gasteiger partial charge in [0.1, 0.15) is 22.5 Å². The molecule has 8 nitrogen and oxygen atoms in total. The van der Waals surface area contributed by atoms with E-state index in [2.05, 4.69) is 23.0 Å². The number of aliphatic hydroxyl groups is 1. The van der Waals surface area contributed by atoms with Crippen molar-refractivity contribution in [3.05, 3.63) is 59.7 Å². The topological polar surface area (TPSA) is 125 Å². The molecule has 0 fully saturated rings. The van der Waals surface area contributed by atoms with Crippen molar-refractivity contribution >= 4 is 28.3 Å². The summed E-state index contributed by atoms with van der Waals surface area (Å²) in [5.41, 5.74) is 0.227. The minimum absolute atomic E-state index is 0.0631. The molecule has 0 saturated heterocycles. The molecule has 0 bridgehead atoms. The van der Waals surface area contributed by atoms with Crippen molar-refractivity contribution in [2.45, 2.75) is 30.3 Å². The smallest absolute Gasteiger partial charge is 0.283 e. The Balaban J connectivity index is 2.44. The molecule has 2 N–H and O–H groups in total. The summed E-state index contributed by atoms with van der Waals surface area (Å²) in [5.74, 6) is -1.36. The Kier molecular flexibility index (Phi) is 7.26. The fourth-order valence-corrected chi connectivity index (χ4v) is 3.90. The number of carbonyl (C=O) groups excluding carboxylic acids is 1. The molecule has 10 heteroatoms. The van der Waals surface area contributed by atoms with Gasteiger partial charge in [-0.05, 0) is 37.5 Å². The van der Waals surface area contributed by atoms with Crippen LogP contribution in [-0.2, 0) is 23.5 Å². The van der Waals surface area contributed by atoms with Crippen LogP contribution in [0.5, 0.6) is 0 Å². The number of nitrogens with zero attached hydrogens (tertiary/aromatic N) is 3. The molecular formula is C20H21FN4O4S. The predicted octanol–water partition coefficient (Wildman–Crippen LogP) is 2.55. The zero-order valence-electron chi connectivity index (χ0n) is 16.3. The van der Waals surface area contributed by atoms with E-state index in [1.54, 1.807) is 6.07 Å². The van der Waals surface area contributed by atoms with Crippen molar-refractivity contribution < 1.29 is 22.7 Å². The van der Waals surface area contributed by atoms with E-state index in [0.29, 0.717) is 12.8 Å². The highest BCUT2D eigenvalue weighted by molar-refractivity contribution is 7.90. The van der Waals surface area contributed by atoms with E-state index in [-0.39, 0.29) is 33.8 Å². The van der Waals surface area contributed by atoms with Crippen LogP contribution in [0, 0.1) is 17.1 Å². The maximum atomic E-state index is 13.5. The molecule has 1 heterocycles. The third-order valence-electron chi connectivity index (χ3n) is 4.45. The minimum Gasteiger partial charge on any atom is -0.389 e. The van der Waals surface area contributed by atoms with Crippen molar-refractivity contribution in [1.29, 1.82) is 5.26 Å². The standard InChI is InChI=1S/C20H21FN4O4S/c1-4-15(26)6-5-7-16-18(30(28,29)23-2)12-25(3)19(16)20(27)24-14-8-9-17(21)13(10-14)11-22/h4,8-10,12,15,26H,1-2,5-7H2,3H3,(H,24,27)/t15-/m0/s1. The summed E-state index contributed by atoms with van der Waals surface area (Å²) in [7, 11) is -2.57. The molecule has 2 rings (SSSR count). The molecule has 1 amide bonds. The van der Waals surface area contributed by atoms with Gasteiger partial charge in [-0.1, -0.05) is 6.08 Å². The van der Waals surface area contributed by atoms with Crippen LogP contribution in [-0.4, -0.2) is 36.8 Å². The van der Waals surface area contributed by atoms with Crippen molar-refractivity contribution in [2.24, 2.45) is 11.4 Å². The van der Waals surface area contributed by atoms with Crippen LogP contribution in [0.3, 0.4) is 0 Å². The number of nitriles is 1. The second-order valence-corrected chi connectivity index (χ2v) is 8.14. The molecule has 0 aliphatic carbocycles. The Morgan fingerprint density at radius 2 is 2.20 bits per heavy atom. The fourth-order valence-electron chi connectivity index (χ4n) is 2.96. The first-order valence-corrected chi connectivity index (χ1v) is 10.3. The highest BCUT2D eigenvalue weighted by Gasteiger charge is 2.27. The normalized spacial score (nSPS) is 12.1. The van der Waals surface area contributed by atoms with Crippen LogP contribution in [0.15, 0.2) is 46.3 Å². The van der Waals surface area contributed by atoms with Crippen molar-refractivity contribution in [3.63, 3.8) is 0 Å². The first-order chi connectivity index (χ1) is 14.1. The number of anilines is 1. The minimum atomic E-state index is -4.07. The molecule has 1 aromatic carbocycles. The first kappa shape index (κ1) is 23.0. The monoisotopic (exact) mass is 432 g/mol. The van der Waals surface area contributed by atoms with Crippen LogP contribution in [0.25, 0.3) is 0 Å². The molecule has 2 aromatic rings. The van der Waals surface area contributed by atoms with Gasteiger partial charge < -0.3 is 15.0 Å².